The van der Waals surface area contributed by atoms with Gasteiger partial charge in [0.15, 0.2) is 0 Å². The van der Waals surface area contributed by atoms with Crippen LogP contribution in [0.25, 0.3) is 10.8 Å². The van der Waals surface area contributed by atoms with E-state index in [9.17, 15) is 0 Å². The molecule has 0 atom stereocenters. The Morgan fingerprint density at radius 1 is 0.474 bits per heavy atom. The molecule has 4 heteroatoms. The molecule has 38 heavy (non-hydrogen) atoms. The highest BCUT2D eigenvalue weighted by Crippen LogP contribution is 2.48. The van der Waals surface area contributed by atoms with Crippen molar-refractivity contribution in [2.24, 2.45) is 0 Å². The molecule has 0 unspecified atom stereocenters. The van der Waals surface area contributed by atoms with E-state index in [2.05, 4.69) is 159 Å². The van der Waals surface area contributed by atoms with E-state index >= 15 is 0 Å². The lowest BCUT2D eigenvalue weighted by Crippen LogP contribution is -2.23. The third kappa shape index (κ3) is 4.59. The monoisotopic (exact) mass is 519 g/mol. The number of para-hydroxylation sites is 1. The molecule has 0 fully saturated rings. The Bertz CT molecular complexity index is 1470. The van der Waals surface area contributed by atoms with Gasteiger partial charge in [-0.3, -0.25) is 0 Å². The van der Waals surface area contributed by atoms with Crippen LogP contribution < -0.4 is 14.7 Å². The van der Waals surface area contributed by atoms with E-state index in [1.807, 2.05) is 6.07 Å². The lowest BCUT2D eigenvalue weighted by molar-refractivity contribution is 0.887. The highest BCUT2D eigenvalue weighted by Gasteiger charge is 2.36. The predicted molar refractivity (Wildman–Crippen MR) is 166 cm³/mol. The number of rotatable bonds is 7. The van der Waals surface area contributed by atoms with Gasteiger partial charge in [-0.05, 0) is 64.5 Å². The molecule has 0 aliphatic heterocycles. The van der Waals surface area contributed by atoms with Gasteiger partial charge in [0.25, 0.3) is 0 Å². The minimum atomic E-state index is -0.876. The van der Waals surface area contributed by atoms with E-state index in [1.165, 1.54) is 0 Å². The van der Waals surface area contributed by atoms with E-state index in [1.54, 1.807) is 0 Å². The number of anilines is 4. The normalized spacial score (nSPS) is 11.4. The number of hydrogen-bond acceptors (Lipinski definition) is 3. The molecular formula is C34H34ClN3. The first-order valence-electron chi connectivity index (χ1n) is 12.9. The van der Waals surface area contributed by atoms with E-state index in [0.717, 1.165) is 50.2 Å². The Labute approximate surface area is 231 Å². The first kappa shape index (κ1) is 25.7. The molecule has 0 aliphatic rings. The minimum absolute atomic E-state index is 0.876. The van der Waals surface area contributed by atoms with Crippen LogP contribution in [-0.4, -0.2) is 35.2 Å². The van der Waals surface area contributed by atoms with Crippen LogP contribution in [0.4, 0.5) is 22.7 Å². The number of fused-ring (bicyclic) bond motifs is 1. The number of nitrogens with zero attached hydrogens (tertiary/aromatic N) is 3. The van der Waals surface area contributed by atoms with Gasteiger partial charge in [0, 0.05) is 63.4 Å². The fraction of sp³-hybridized carbons (Fsp3) is 0.176. The van der Waals surface area contributed by atoms with Crippen molar-refractivity contribution in [2.75, 3.05) is 49.9 Å². The maximum atomic E-state index is 7.87. The van der Waals surface area contributed by atoms with E-state index in [-0.39, 0.29) is 0 Å². The molecule has 3 nitrogen and oxygen atoms in total. The van der Waals surface area contributed by atoms with Crippen molar-refractivity contribution in [3.8, 4) is 0 Å². The van der Waals surface area contributed by atoms with Crippen molar-refractivity contribution in [1.29, 1.82) is 0 Å². The molecule has 0 N–H and O–H groups in total. The summed E-state index contributed by atoms with van der Waals surface area (Å²) in [7, 11) is 10.3. The molecule has 0 amide bonds. The zero-order valence-electron chi connectivity index (χ0n) is 22.7. The number of halogens is 1. The molecule has 5 aromatic carbocycles. The van der Waals surface area contributed by atoms with Gasteiger partial charge in [0.1, 0.15) is 4.87 Å². The fourth-order valence-electron chi connectivity index (χ4n) is 5.12. The van der Waals surface area contributed by atoms with Crippen molar-refractivity contribution >= 4 is 45.1 Å². The van der Waals surface area contributed by atoms with Gasteiger partial charge < -0.3 is 14.7 Å². The van der Waals surface area contributed by atoms with E-state index in [4.69, 9.17) is 11.6 Å². The second-order valence-corrected chi connectivity index (χ2v) is 10.7. The summed E-state index contributed by atoms with van der Waals surface area (Å²) in [5.74, 6) is 0. The lowest BCUT2D eigenvalue weighted by atomic mass is 9.81. The number of alkyl halides is 1. The first-order chi connectivity index (χ1) is 18.3. The van der Waals surface area contributed by atoms with E-state index < -0.39 is 4.87 Å². The summed E-state index contributed by atoms with van der Waals surface area (Å²) < 4.78 is 0. The quantitative estimate of drug-likeness (QED) is 0.158. The van der Waals surface area contributed by atoms with Gasteiger partial charge in [-0.1, -0.05) is 72.8 Å². The average Bonchev–Trinajstić information content (AvgIpc) is 2.96. The third-order valence-corrected chi connectivity index (χ3v) is 7.98. The molecule has 0 saturated carbocycles. The van der Waals surface area contributed by atoms with Gasteiger partial charge in [0.05, 0.1) is 0 Å². The molecule has 192 valence electrons. The average molecular weight is 520 g/mol. The molecule has 0 bridgehead atoms. The number of hydrogen-bond donors (Lipinski definition) is 0. The summed E-state index contributed by atoms with van der Waals surface area (Å²) in [4.78, 5) is 5.57. The smallest absolute Gasteiger partial charge is 0.120 e. The second kappa shape index (κ2) is 10.4. The van der Waals surface area contributed by atoms with Crippen LogP contribution in [-0.2, 0) is 4.87 Å². The van der Waals surface area contributed by atoms with Crippen molar-refractivity contribution < 1.29 is 0 Å². The van der Waals surface area contributed by atoms with Crippen LogP contribution in [0.2, 0.25) is 0 Å². The summed E-state index contributed by atoms with van der Waals surface area (Å²) in [5, 5.41) is 2.30. The maximum Gasteiger partial charge on any atom is 0.120 e. The van der Waals surface area contributed by atoms with Gasteiger partial charge in [-0.15, -0.1) is 11.6 Å². The van der Waals surface area contributed by atoms with Crippen LogP contribution in [0.15, 0.2) is 115 Å². The lowest BCUT2D eigenvalue weighted by Gasteiger charge is -2.32. The van der Waals surface area contributed by atoms with Gasteiger partial charge >= 0.3 is 0 Å². The molecule has 0 saturated heterocycles. The van der Waals surface area contributed by atoms with Crippen molar-refractivity contribution in [3.63, 3.8) is 0 Å². The Kier molecular flexibility index (Phi) is 7.05. The van der Waals surface area contributed by atoms with Gasteiger partial charge in [-0.2, -0.15) is 0 Å². The summed E-state index contributed by atoms with van der Waals surface area (Å²) in [6, 6.07) is 40.6. The second-order valence-electron chi connectivity index (χ2n) is 10.1. The standard InChI is InChI=1S/C34H34ClN3/c1-36(2)27-19-15-25(16-20-27)34(35,26-17-21-28(22-18-26)37(3)4)32-23-24-33(31-14-10-9-13-30(31)32)38(5)29-11-7-6-8-12-29/h6-24H,1-5H3. The third-order valence-electron chi connectivity index (χ3n) is 7.34. The number of benzene rings is 5. The van der Waals surface area contributed by atoms with Crippen LogP contribution in [0.5, 0.6) is 0 Å². The first-order valence-corrected chi connectivity index (χ1v) is 13.2. The maximum absolute atomic E-state index is 7.87. The summed E-state index contributed by atoms with van der Waals surface area (Å²) in [6.07, 6.45) is 0. The Morgan fingerprint density at radius 3 is 1.45 bits per heavy atom. The molecule has 0 aromatic heterocycles. The SMILES string of the molecule is CN(C)c1ccc(C(Cl)(c2ccc(N(C)C)cc2)c2ccc(N(C)c3ccccc3)c3ccccc23)cc1. The molecule has 5 rings (SSSR count). The predicted octanol–water partition coefficient (Wildman–Crippen LogP) is 8.27. The molecule has 0 aliphatic carbocycles. The van der Waals surface area contributed by atoms with Crippen LogP contribution >= 0.6 is 11.6 Å². The topological polar surface area (TPSA) is 9.72 Å². The van der Waals surface area contributed by atoms with Gasteiger partial charge in [0.2, 0.25) is 0 Å². The zero-order chi connectivity index (χ0) is 26.9. The highest BCUT2D eigenvalue weighted by molar-refractivity contribution is 6.29. The Morgan fingerprint density at radius 2 is 0.947 bits per heavy atom. The largest absolute Gasteiger partial charge is 0.378 e. The Hall–Kier alpha value is -3.95. The van der Waals surface area contributed by atoms with E-state index in [0.29, 0.717) is 0 Å². The van der Waals surface area contributed by atoms with Crippen molar-refractivity contribution in [2.45, 2.75) is 4.87 Å². The van der Waals surface area contributed by atoms with Crippen molar-refractivity contribution in [3.05, 3.63) is 132 Å². The molecule has 0 heterocycles. The molecule has 0 spiro atoms. The molecule has 0 radical (unpaired) electrons. The van der Waals surface area contributed by atoms with Crippen LogP contribution in [0, 0.1) is 0 Å². The van der Waals surface area contributed by atoms with Crippen LogP contribution in [0.3, 0.4) is 0 Å². The van der Waals surface area contributed by atoms with Crippen molar-refractivity contribution in [1.82, 2.24) is 0 Å². The highest BCUT2D eigenvalue weighted by atomic mass is 35.5. The molecule has 5 aromatic rings. The van der Waals surface area contributed by atoms with Gasteiger partial charge in [-0.25, -0.2) is 0 Å². The van der Waals surface area contributed by atoms with Crippen LogP contribution in [0.1, 0.15) is 16.7 Å². The Balaban J connectivity index is 1.74. The summed E-state index contributed by atoms with van der Waals surface area (Å²) >= 11 is 7.87. The summed E-state index contributed by atoms with van der Waals surface area (Å²) in [6.45, 7) is 0. The minimum Gasteiger partial charge on any atom is -0.378 e. The molecular weight excluding hydrogens is 486 g/mol. The zero-order valence-corrected chi connectivity index (χ0v) is 23.4. The fourth-order valence-corrected chi connectivity index (χ4v) is 5.54. The summed E-state index contributed by atoms with van der Waals surface area (Å²) in [5.41, 5.74) is 7.70.